The number of nitrogens with zero attached hydrogens (tertiary/aromatic N) is 3. The average molecular weight is 407 g/mol. The van der Waals surface area contributed by atoms with Gasteiger partial charge in [-0.3, -0.25) is 4.79 Å². The first-order valence-corrected chi connectivity index (χ1v) is 10.3. The van der Waals surface area contributed by atoms with Crippen molar-refractivity contribution in [1.29, 1.82) is 0 Å². The molecule has 1 aliphatic heterocycles. The van der Waals surface area contributed by atoms with Crippen LogP contribution in [0.25, 0.3) is 23.1 Å². The van der Waals surface area contributed by atoms with Crippen LogP contribution in [-0.2, 0) is 4.79 Å². The summed E-state index contributed by atoms with van der Waals surface area (Å²) >= 11 is 6.17. The molecule has 1 aliphatic rings. The molecule has 1 fully saturated rings. The Kier molecular flexibility index (Phi) is 6.06. The minimum absolute atomic E-state index is 0.264. The van der Waals surface area contributed by atoms with Gasteiger partial charge in [0.2, 0.25) is 5.91 Å². The maximum atomic E-state index is 11.7. The molecule has 0 atom stereocenters. The lowest BCUT2D eigenvalue weighted by atomic mass is 10.2. The van der Waals surface area contributed by atoms with Gasteiger partial charge >= 0.3 is 0 Å². The lowest BCUT2D eigenvalue weighted by Gasteiger charge is -2.16. The summed E-state index contributed by atoms with van der Waals surface area (Å²) in [5.41, 5.74) is 1.89. The highest BCUT2D eigenvalue weighted by Gasteiger charge is 2.19. The number of hydrogen-bond acceptors (Lipinski definition) is 4. The van der Waals surface area contributed by atoms with Gasteiger partial charge in [-0.1, -0.05) is 48.0 Å². The fraction of sp³-hybridized carbons (Fsp3) is 0.261. The summed E-state index contributed by atoms with van der Waals surface area (Å²) in [5.74, 6) is 1.67. The number of carbonyl (C=O) groups is 1. The molecule has 4 rings (SSSR count). The van der Waals surface area contributed by atoms with Crippen LogP contribution in [0.3, 0.4) is 0 Å². The maximum Gasteiger partial charge on any atom is 0.222 e. The van der Waals surface area contributed by atoms with Crippen LogP contribution >= 0.6 is 11.6 Å². The zero-order valence-corrected chi connectivity index (χ0v) is 16.9. The van der Waals surface area contributed by atoms with Crippen molar-refractivity contribution in [2.24, 2.45) is 0 Å². The van der Waals surface area contributed by atoms with Gasteiger partial charge < -0.3 is 10.2 Å². The van der Waals surface area contributed by atoms with Gasteiger partial charge in [0.15, 0.2) is 5.82 Å². The largest absolute Gasteiger partial charge is 0.369 e. The molecule has 2 heterocycles. The van der Waals surface area contributed by atoms with Crippen LogP contribution in [0.2, 0.25) is 5.02 Å². The topological polar surface area (TPSA) is 58.1 Å². The van der Waals surface area contributed by atoms with Crippen LogP contribution in [0.15, 0.2) is 48.5 Å². The number of amides is 1. The number of rotatable bonds is 7. The Morgan fingerprint density at radius 1 is 1.10 bits per heavy atom. The Hall–Kier alpha value is -2.92. The Labute approximate surface area is 175 Å². The summed E-state index contributed by atoms with van der Waals surface area (Å²) in [4.78, 5) is 23.0. The molecule has 29 heavy (non-hydrogen) atoms. The molecule has 148 valence electrons. The Morgan fingerprint density at radius 3 is 2.76 bits per heavy atom. The van der Waals surface area contributed by atoms with E-state index in [-0.39, 0.29) is 5.91 Å². The number of fused-ring (bicyclic) bond motifs is 1. The van der Waals surface area contributed by atoms with Gasteiger partial charge in [-0.05, 0) is 42.7 Å². The first kappa shape index (κ1) is 19.4. The third-order valence-corrected chi connectivity index (χ3v) is 5.20. The van der Waals surface area contributed by atoms with E-state index in [0.29, 0.717) is 17.3 Å². The number of nitrogens with one attached hydrogen (secondary N) is 1. The number of benzene rings is 2. The molecular weight excluding hydrogens is 384 g/mol. The quantitative estimate of drug-likeness (QED) is 0.568. The molecule has 1 amide bonds. The Morgan fingerprint density at radius 2 is 1.97 bits per heavy atom. The zero-order valence-electron chi connectivity index (χ0n) is 16.1. The third kappa shape index (κ3) is 4.93. The van der Waals surface area contributed by atoms with E-state index >= 15 is 0 Å². The SMILES string of the molecule is O=C1CCCN1CCCNc1nc(/C=C/c2ccccc2)nc2cc(Cl)ccc12. The van der Waals surface area contributed by atoms with Gasteiger partial charge in [-0.2, -0.15) is 0 Å². The van der Waals surface area contributed by atoms with E-state index in [2.05, 4.69) is 10.3 Å². The normalized spacial score (nSPS) is 14.2. The highest BCUT2D eigenvalue weighted by Crippen LogP contribution is 2.24. The maximum absolute atomic E-state index is 11.7. The van der Waals surface area contributed by atoms with E-state index < -0.39 is 0 Å². The number of likely N-dealkylation sites (tertiary alicyclic amines) is 1. The first-order chi connectivity index (χ1) is 14.2. The van der Waals surface area contributed by atoms with Crippen molar-refractivity contribution in [2.45, 2.75) is 19.3 Å². The monoisotopic (exact) mass is 406 g/mol. The smallest absolute Gasteiger partial charge is 0.222 e. The minimum atomic E-state index is 0.264. The summed E-state index contributed by atoms with van der Waals surface area (Å²) in [6, 6.07) is 15.7. The van der Waals surface area contributed by atoms with E-state index in [1.807, 2.05) is 65.6 Å². The van der Waals surface area contributed by atoms with E-state index in [0.717, 1.165) is 54.8 Å². The number of carbonyl (C=O) groups excluding carboxylic acids is 1. The molecule has 0 bridgehead atoms. The molecule has 1 N–H and O–H groups in total. The Bertz CT molecular complexity index is 1040. The minimum Gasteiger partial charge on any atom is -0.369 e. The molecule has 1 aromatic heterocycles. The van der Waals surface area contributed by atoms with Gasteiger partial charge in [-0.25, -0.2) is 9.97 Å². The van der Waals surface area contributed by atoms with Crippen LogP contribution in [-0.4, -0.2) is 40.4 Å². The third-order valence-electron chi connectivity index (χ3n) is 4.97. The van der Waals surface area contributed by atoms with E-state index in [1.54, 1.807) is 0 Å². The summed E-state index contributed by atoms with van der Waals surface area (Å²) in [7, 11) is 0. The van der Waals surface area contributed by atoms with Crippen LogP contribution < -0.4 is 5.32 Å². The predicted molar refractivity (Wildman–Crippen MR) is 119 cm³/mol. The first-order valence-electron chi connectivity index (χ1n) is 9.91. The fourth-order valence-electron chi connectivity index (χ4n) is 3.48. The van der Waals surface area contributed by atoms with Gasteiger partial charge in [0.1, 0.15) is 5.82 Å². The van der Waals surface area contributed by atoms with Crippen molar-refractivity contribution >= 4 is 46.4 Å². The lowest BCUT2D eigenvalue weighted by Crippen LogP contribution is -2.27. The standard InChI is InChI=1S/C23H23ClN4O/c24-18-10-11-19-20(16-18)26-21(12-9-17-6-2-1-3-7-17)27-23(19)25-13-5-15-28-14-4-8-22(28)29/h1-3,6-7,9-12,16H,4-5,8,13-15H2,(H,25,26,27)/b12-9+. The van der Waals surface area contributed by atoms with Crippen molar-refractivity contribution in [3.05, 3.63) is 64.9 Å². The van der Waals surface area contributed by atoms with Crippen molar-refractivity contribution in [1.82, 2.24) is 14.9 Å². The molecule has 3 aromatic rings. The molecule has 0 saturated carbocycles. The summed E-state index contributed by atoms with van der Waals surface area (Å²) < 4.78 is 0. The van der Waals surface area contributed by atoms with Crippen molar-refractivity contribution in [3.63, 3.8) is 0 Å². The summed E-state index contributed by atoms with van der Waals surface area (Å²) in [6.45, 7) is 2.39. The van der Waals surface area contributed by atoms with Crippen molar-refractivity contribution < 1.29 is 4.79 Å². The van der Waals surface area contributed by atoms with E-state index in [4.69, 9.17) is 16.6 Å². The lowest BCUT2D eigenvalue weighted by molar-refractivity contribution is -0.127. The van der Waals surface area contributed by atoms with Crippen LogP contribution in [0, 0.1) is 0 Å². The highest BCUT2D eigenvalue weighted by atomic mass is 35.5. The van der Waals surface area contributed by atoms with Crippen LogP contribution in [0.4, 0.5) is 5.82 Å². The molecule has 5 nitrogen and oxygen atoms in total. The van der Waals surface area contributed by atoms with E-state index in [9.17, 15) is 4.79 Å². The predicted octanol–water partition coefficient (Wildman–Crippen LogP) is 4.88. The molecule has 2 aromatic carbocycles. The average Bonchev–Trinajstić information content (AvgIpc) is 3.14. The molecule has 1 saturated heterocycles. The van der Waals surface area contributed by atoms with Crippen molar-refractivity contribution in [2.75, 3.05) is 25.0 Å². The molecule has 0 aliphatic carbocycles. The van der Waals surface area contributed by atoms with Crippen molar-refractivity contribution in [3.8, 4) is 0 Å². The van der Waals surface area contributed by atoms with Gasteiger partial charge in [0.25, 0.3) is 0 Å². The summed E-state index contributed by atoms with van der Waals surface area (Å²) in [5, 5.41) is 5.00. The molecule has 0 unspecified atom stereocenters. The molecule has 0 spiro atoms. The Balaban J connectivity index is 1.51. The number of halogens is 1. The molecule has 0 radical (unpaired) electrons. The summed E-state index contributed by atoms with van der Waals surface area (Å²) in [6.07, 6.45) is 6.43. The highest BCUT2D eigenvalue weighted by molar-refractivity contribution is 6.31. The van der Waals surface area contributed by atoms with Gasteiger partial charge in [0.05, 0.1) is 5.52 Å². The van der Waals surface area contributed by atoms with Gasteiger partial charge in [0, 0.05) is 36.5 Å². The molecular formula is C23H23ClN4O. The second-order valence-electron chi connectivity index (χ2n) is 7.10. The zero-order chi connectivity index (χ0) is 20.1. The fourth-order valence-corrected chi connectivity index (χ4v) is 3.65. The number of anilines is 1. The van der Waals surface area contributed by atoms with Gasteiger partial charge in [-0.15, -0.1) is 0 Å². The number of aromatic nitrogens is 2. The van der Waals surface area contributed by atoms with E-state index in [1.165, 1.54) is 0 Å². The van der Waals surface area contributed by atoms with Crippen LogP contribution in [0.5, 0.6) is 0 Å². The van der Waals surface area contributed by atoms with Crippen LogP contribution in [0.1, 0.15) is 30.7 Å². The second-order valence-corrected chi connectivity index (χ2v) is 7.54. The number of hydrogen-bond donors (Lipinski definition) is 1. The molecule has 6 heteroatoms. The second kappa shape index (κ2) is 9.05.